The van der Waals surface area contributed by atoms with Gasteiger partial charge in [0.05, 0.1) is 33.7 Å². The number of carbonyl (C=O) groups is 1. The van der Waals surface area contributed by atoms with Crippen LogP contribution in [0.1, 0.15) is 15.9 Å². The third kappa shape index (κ3) is 3.97. The van der Waals surface area contributed by atoms with Gasteiger partial charge in [-0.3, -0.25) is 9.78 Å². The van der Waals surface area contributed by atoms with Crippen molar-refractivity contribution in [2.45, 2.75) is 0 Å². The van der Waals surface area contributed by atoms with E-state index in [2.05, 4.69) is 21.7 Å². The number of para-hydroxylation sites is 1. The lowest BCUT2D eigenvalue weighted by molar-refractivity contribution is 0.102. The molecule has 0 bridgehead atoms. The van der Waals surface area contributed by atoms with Crippen molar-refractivity contribution < 1.29 is 9.18 Å². The third-order valence-electron chi connectivity index (χ3n) is 3.50. The second-order valence-corrected chi connectivity index (χ2v) is 5.73. The van der Waals surface area contributed by atoms with Crippen molar-refractivity contribution in [3.8, 4) is 6.07 Å². The maximum Gasteiger partial charge on any atom is 0.257 e. The molecule has 0 aliphatic heterocycles. The number of carbonyl (C=O) groups excluding carboxylic acids is 1. The number of hydrogen-bond acceptors (Lipinski definition) is 4. The minimum Gasteiger partial charge on any atom is -0.353 e. The van der Waals surface area contributed by atoms with Crippen LogP contribution in [0, 0.1) is 17.1 Å². The highest BCUT2D eigenvalue weighted by Crippen LogP contribution is 2.22. The van der Waals surface area contributed by atoms with E-state index >= 15 is 0 Å². The Morgan fingerprint density at radius 2 is 1.92 bits per heavy atom. The molecule has 1 amide bonds. The molecule has 0 unspecified atom stereocenters. The van der Waals surface area contributed by atoms with Gasteiger partial charge in [-0.25, -0.2) is 4.39 Å². The van der Waals surface area contributed by atoms with Gasteiger partial charge in [-0.2, -0.15) is 5.26 Å². The number of nitrogens with zero attached hydrogens (tertiary/aromatic N) is 2. The summed E-state index contributed by atoms with van der Waals surface area (Å²) in [4.78, 5) is 16.4. The highest BCUT2D eigenvalue weighted by atomic mass is 35.5. The molecule has 5 nitrogen and oxygen atoms in total. The summed E-state index contributed by atoms with van der Waals surface area (Å²) in [5, 5.41) is 14.8. The lowest BCUT2D eigenvalue weighted by atomic mass is 10.2. The predicted molar refractivity (Wildman–Crippen MR) is 98.0 cm³/mol. The molecule has 2 N–H and O–H groups in total. The maximum atomic E-state index is 13.2. The zero-order valence-electron chi connectivity index (χ0n) is 13.3. The van der Waals surface area contributed by atoms with Crippen LogP contribution in [0.15, 0.2) is 60.9 Å². The van der Waals surface area contributed by atoms with Gasteiger partial charge >= 0.3 is 0 Å². The predicted octanol–water partition coefficient (Wildman–Crippen LogP) is 4.74. The zero-order valence-corrected chi connectivity index (χ0v) is 14.1. The van der Waals surface area contributed by atoms with E-state index < -0.39 is 11.7 Å². The van der Waals surface area contributed by atoms with Crippen LogP contribution in [0.5, 0.6) is 0 Å². The summed E-state index contributed by atoms with van der Waals surface area (Å²) in [5.74, 6) is -0.980. The van der Waals surface area contributed by atoms with Gasteiger partial charge in [-0.1, -0.05) is 23.7 Å². The Morgan fingerprint density at radius 3 is 2.69 bits per heavy atom. The molecule has 3 aromatic rings. The van der Waals surface area contributed by atoms with E-state index in [9.17, 15) is 9.18 Å². The van der Waals surface area contributed by atoms with Gasteiger partial charge in [0.1, 0.15) is 11.9 Å². The van der Waals surface area contributed by atoms with Crippen LogP contribution in [0.4, 0.5) is 21.5 Å². The quantitative estimate of drug-likeness (QED) is 0.699. The number of anilines is 3. The first-order chi connectivity index (χ1) is 12.6. The largest absolute Gasteiger partial charge is 0.353 e. The SMILES string of the molecule is N#Cc1ccccc1Nc1cncc(C(=O)Nc2ccc(F)c(Cl)c2)c1. The molecule has 1 aromatic heterocycles. The summed E-state index contributed by atoms with van der Waals surface area (Å²) in [5.41, 5.74) is 2.31. The summed E-state index contributed by atoms with van der Waals surface area (Å²) < 4.78 is 13.2. The molecule has 0 radical (unpaired) electrons. The fourth-order valence-corrected chi connectivity index (χ4v) is 2.44. The fourth-order valence-electron chi connectivity index (χ4n) is 2.25. The number of benzene rings is 2. The Morgan fingerprint density at radius 1 is 1.12 bits per heavy atom. The van der Waals surface area contributed by atoms with Gasteiger partial charge in [0.15, 0.2) is 0 Å². The molecular formula is C19H12ClFN4O. The van der Waals surface area contributed by atoms with Gasteiger partial charge in [0.25, 0.3) is 5.91 Å². The Hall–Kier alpha value is -3.43. The minimum atomic E-state index is -0.561. The topological polar surface area (TPSA) is 77.8 Å². The van der Waals surface area contributed by atoms with Crippen molar-refractivity contribution in [1.29, 1.82) is 5.26 Å². The van der Waals surface area contributed by atoms with E-state index in [1.165, 1.54) is 24.4 Å². The number of amides is 1. The molecule has 1 heterocycles. The van der Waals surface area contributed by atoms with Gasteiger partial charge in [-0.15, -0.1) is 0 Å². The maximum absolute atomic E-state index is 13.2. The molecule has 0 saturated carbocycles. The van der Waals surface area contributed by atoms with Crippen molar-refractivity contribution in [3.05, 3.63) is 82.9 Å². The third-order valence-corrected chi connectivity index (χ3v) is 3.79. The molecule has 26 heavy (non-hydrogen) atoms. The standard InChI is InChI=1S/C19H12ClFN4O/c20-16-8-14(5-6-17(16)21)25-19(26)13-7-15(11-23-10-13)24-18-4-2-1-3-12(18)9-22/h1-8,10-11,24H,(H,25,26). The molecule has 7 heteroatoms. The Balaban J connectivity index is 1.79. The Bertz CT molecular complexity index is 1020. The van der Waals surface area contributed by atoms with Crippen molar-refractivity contribution in [1.82, 2.24) is 4.98 Å². The first-order valence-electron chi connectivity index (χ1n) is 7.54. The van der Waals surface area contributed by atoms with E-state index in [1.807, 2.05) is 0 Å². The number of rotatable bonds is 4. The second-order valence-electron chi connectivity index (χ2n) is 5.33. The lowest BCUT2D eigenvalue weighted by Gasteiger charge is -2.10. The Labute approximate surface area is 154 Å². The number of nitriles is 1. The van der Waals surface area contributed by atoms with Crippen LogP contribution in [0.2, 0.25) is 5.02 Å². The minimum absolute atomic E-state index is 0.0792. The Kier molecular flexibility index (Phi) is 5.11. The van der Waals surface area contributed by atoms with E-state index in [4.69, 9.17) is 16.9 Å². The average molecular weight is 367 g/mol. The van der Waals surface area contributed by atoms with E-state index in [-0.39, 0.29) is 5.02 Å². The van der Waals surface area contributed by atoms with Crippen LogP contribution < -0.4 is 10.6 Å². The van der Waals surface area contributed by atoms with E-state index in [0.29, 0.717) is 28.2 Å². The van der Waals surface area contributed by atoms with E-state index in [1.54, 1.807) is 36.5 Å². The van der Waals surface area contributed by atoms with E-state index in [0.717, 1.165) is 0 Å². The highest BCUT2D eigenvalue weighted by Gasteiger charge is 2.10. The molecule has 3 rings (SSSR count). The summed E-state index contributed by atoms with van der Waals surface area (Å²) in [6.45, 7) is 0. The van der Waals surface area contributed by atoms with Gasteiger partial charge < -0.3 is 10.6 Å². The number of nitrogens with one attached hydrogen (secondary N) is 2. The van der Waals surface area contributed by atoms with Crippen LogP contribution in [0.25, 0.3) is 0 Å². The van der Waals surface area contributed by atoms with Crippen LogP contribution in [-0.4, -0.2) is 10.9 Å². The molecule has 0 aliphatic carbocycles. The first-order valence-corrected chi connectivity index (χ1v) is 7.92. The fraction of sp³-hybridized carbons (Fsp3) is 0. The number of pyridine rings is 1. The van der Waals surface area contributed by atoms with Gasteiger partial charge in [-0.05, 0) is 36.4 Å². The first kappa shape index (κ1) is 17.4. The van der Waals surface area contributed by atoms with Crippen LogP contribution in [0.3, 0.4) is 0 Å². The molecule has 0 saturated heterocycles. The van der Waals surface area contributed by atoms with Crippen molar-refractivity contribution in [2.24, 2.45) is 0 Å². The molecular weight excluding hydrogens is 355 g/mol. The zero-order chi connectivity index (χ0) is 18.5. The van der Waals surface area contributed by atoms with Crippen LogP contribution >= 0.6 is 11.6 Å². The van der Waals surface area contributed by atoms with Crippen molar-refractivity contribution in [2.75, 3.05) is 10.6 Å². The number of hydrogen-bond donors (Lipinski definition) is 2. The summed E-state index contributed by atoms with van der Waals surface area (Å²) >= 11 is 5.71. The number of aromatic nitrogens is 1. The second kappa shape index (κ2) is 7.64. The molecule has 128 valence electrons. The van der Waals surface area contributed by atoms with Crippen molar-refractivity contribution >= 4 is 34.6 Å². The van der Waals surface area contributed by atoms with Gasteiger partial charge in [0.2, 0.25) is 0 Å². The normalized spacial score (nSPS) is 10.0. The molecule has 0 spiro atoms. The summed E-state index contributed by atoms with van der Waals surface area (Å²) in [7, 11) is 0. The van der Waals surface area contributed by atoms with Crippen LogP contribution in [-0.2, 0) is 0 Å². The van der Waals surface area contributed by atoms with Gasteiger partial charge in [0, 0.05) is 11.9 Å². The molecule has 0 atom stereocenters. The van der Waals surface area contributed by atoms with Crippen molar-refractivity contribution in [3.63, 3.8) is 0 Å². The number of halogens is 2. The average Bonchev–Trinajstić information content (AvgIpc) is 2.65. The smallest absolute Gasteiger partial charge is 0.257 e. The molecule has 2 aromatic carbocycles. The monoisotopic (exact) mass is 366 g/mol. The summed E-state index contributed by atoms with van der Waals surface area (Å²) in [6.07, 6.45) is 2.95. The molecule has 0 fully saturated rings. The highest BCUT2D eigenvalue weighted by molar-refractivity contribution is 6.31. The molecule has 0 aliphatic rings. The lowest BCUT2D eigenvalue weighted by Crippen LogP contribution is -2.12. The summed E-state index contributed by atoms with van der Waals surface area (Å²) in [6, 6.07) is 14.6.